The number of carboxylic acid groups (broad SMARTS) is 1. The minimum atomic E-state index is -4.52. The Balaban J connectivity index is 1.62. The van der Waals surface area contributed by atoms with E-state index in [1.165, 1.54) is 18.2 Å². The van der Waals surface area contributed by atoms with E-state index in [0.29, 0.717) is 33.7 Å². The number of carbonyl (C=O) groups is 2. The van der Waals surface area contributed by atoms with Gasteiger partial charge in [0.05, 0.1) is 17.7 Å². The summed E-state index contributed by atoms with van der Waals surface area (Å²) in [6, 6.07) is 12.7. The van der Waals surface area contributed by atoms with Crippen molar-refractivity contribution in [3.8, 4) is 11.5 Å². The fourth-order valence-corrected chi connectivity index (χ4v) is 4.05. The lowest BCUT2D eigenvalue weighted by atomic mass is 10.0. The first-order valence-electron chi connectivity index (χ1n) is 10.7. The SMILES string of the molecule is CCOc1cc(/C=C2\C(=O)Nc3cc(C(F)(F)F)ccc32)c(Br)cc1OCc1ccc(C(=O)O)cc1. The molecular weight excluding hydrogens is 543 g/mol. The fourth-order valence-electron chi connectivity index (χ4n) is 3.62. The van der Waals surface area contributed by atoms with Gasteiger partial charge in [-0.05, 0) is 60.5 Å². The lowest BCUT2D eigenvalue weighted by Crippen LogP contribution is -2.06. The molecule has 6 nitrogen and oxygen atoms in total. The average Bonchev–Trinajstić information content (AvgIpc) is 3.14. The predicted molar refractivity (Wildman–Crippen MR) is 131 cm³/mol. The molecule has 0 atom stereocenters. The van der Waals surface area contributed by atoms with E-state index in [0.717, 1.165) is 17.7 Å². The number of ether oxygens (including phenoxy) is 2. The first kappa shape index (κ1) is 25.3. The number of hydrogen-bond acceptors (Lipinski definition) is 4. The maximum Gasteiger partial charge on any atom is 0.416 e. The van der Waals surface area contributed by atoms with Crippen LogP contribution in [-0.4, -0.2) is 23.6 Å². The highest BCUT2D eigenvalue weighted by Gasteiger charge is 2.33. The highest BCUT2D eigenvalue weighted by atomic mass is 79.9. The van der Waals surface area contributed by atoms with Gasteiger partial charge in [-0.15, -0.1) is 0 Å². The van der Waals surface area contributed by atoms with Crippen LogP contribution in [0, 0.1) is 0 Å². The van der Waals surface area contributed by atoms with Gasteiger partial charge in [0.15, 0.2) is 11.5 Å². The molecule has 1 aliphatic heterocycles. The summed E-state index contributed by atoms with van der Waals surface area (Å²) in [6.45, 7) is 2.29. The molecule has 4 rings (SSSR count). The molecule has 3 aromatic rings. The van der Waals surface area contributed by atoms with E-state index in [2.05, 4.69) is 21.2 Å². The molecule has 0 spiro atoms. The first-order valence-corrected chi connectivity index (χ1v) is 11.5. The standard InChI is InChI=1S/C26H19BrF3NO5/c1-2-35-22-10-16(9-19-18-8-7-17(26(28,29)30)11-21(18)31-24(19)32)20(27)12-23(22)36-13-14-3-5-15(6-4-14)25(33)34/h3-12H,2,13H2,1H3,(H,31,32)(H,33,34)/b19-9-. The smallest absolute Gasteiger partial charge is 0.416 e. The minimum absolute atomic E-state index is 0.0936. The van der Waals surface area contributed by atoms with Crippen molar-refractivity contribution < 1.29 is 37.3 Å². The van der Waals surface area contributed by atoms with E-state index in [4.69, 9.17) is 14.6 Å². The zero-order valence-electron chi connectivity index (χ0n) is 18.8. The molecule has 0 saturated heterocycles. The van der Waals surface area contributed by atoms with Crippen LogP contribution in [-0.2, 0) is 17.6 Å². The normalized spacial score (nSPS) is 13.9. The topological polar surface area (TPSA) is 84.9 Å². The number of benzene rings is 3. The summed E-state index contributed by atoms with van der Waals surface area (Å²) in [4.78, 5) is 23.6. The molecule has 0 fully saturated rings. The van der Waals surface area contributed by atoms with E-state index in [1.54, 1.807) is 37.3 Å². The van der Waals surface area contributed by atoms with Gasteiger partial charge >= 0.3 is 12.1 Å². The van der Waals surface area contributed by atoms with Crippen LogP contribution in [0.2, 0.25) is 0 Å². The molecule has 1 aliphatic rings. The zero-order chi connectivity index (χ0) is 26.0. The van der Waals surface area contributed by atoms with Gasteiger partial charge in [-0.1, -0.05) is 34.1 Å². The number of anilines is 1. The molecule has 0 radical (unpaired) electrons. The fraction of sp³-hybridized carbons (Fsp3) is 0.154. The number of hydrogen-bond donors (Lipinski definition) is 2. The molecule has 0 saturated carbocycles. The highest BCUT2D eigenvalue weighted by molar-refractivity contribution is 9.10. The molecule has 2 N–H and O–H groups in total. The number of amides is 1. The summed E-state index contributed by atoms with van der Waals surface area (Å²) < 4.78 is 51.3. The molecule has 36 heavy (non-hydrogen) atoms. The van der Waals surface area contributed by atoms with Crippen LogP contribution in [0.25, 0.3) is 11.6 Å². The summed E-state index contributed by atoms with van der Waals surface area (Å²) in [5, 5.41) is 11.5. The molecule has 10 heteroatoms. The molecule has 186 valence electrons. The third-order valence-electron chi connectivity index (χ3n) is 5.39. The van der Waals surface area contributed by atoms with Gasteiger partial charge in [-0.2, -0.15) is 13.2 Å². The molecule has 0 unspecified atom stereocenters. The number of carboxylic acids is 1. The average molecular weight is 562 g/mol. The highest BCUT2D eigenvalue weighted by Crippen LogP contribution is 2.40. The second kappa shape index (κ2) is 10.1. The Hall–Kier alpha value is -3.79. The van der Waals surface area contributed by atoms with Crippen molar-refractivity contribution in [1.29, 1.82) is 0 Å². The van der Waals surface area contributed by atoms with E-state index in [1.807, 2.05) is 0 Å². The van der Waals surface area contributed by atoms with Gasteiger partial charge in [-0.3, -0.25) is 4.79 Å². The monoisotopic (exact) mass is 561 g/mol. The van der Waals surface area contributed by atoms with E-state index in [9.17, 15) is 22.8 Å². The molecule has 0 bridgehead atoms. The van der Waals surface area contributed by atoms with Crippen molar-refractivity contribution in [1.82, 2.24) is 0 Å². The number of rotatable bonds is 7. The van der Waals surface area contributed by atoms with Gasteiger partial charge in [-0.25, -0.2) is 4.79 Å². The van der Waals surface area contributed by atoms with Crippen molar-refractivity contribution in [2.75, 3.05) is 11.9 Å². The number of aromatic carboxylic acids is 1. The number of alkyl halides is 3. The van der Waals surface area contributed by atoms with Crippen LogP contribution in [0.1, 0.15) is 39.5 Å². The molecule has 0 aromatic heterocycles. The summed E-state index contributed by atoms with van der Waals surface area (Å²) in [5.74, 6) is -0.714. The largest absolute Gasteiger partial charge is 0.490 e. The Bertz CT molecular complexity index is 1370. The van der Waals surface area contributed by atoms with Crippen LogP contribution in [0.3, 0.4) is 0 Å². The van der Waals surface area contributed by atoms with Crippen molar-refractivity contribution in [3.63, 3.8) is 0 Å². The molecular formula is C26H19BrF3NO5. The van der Waals surface area contributed by atoms with Crippen molar-refractivity contribution in [2.45, 2.75) is 19.7 Å². The number of carbonyl (C=O) groups excluding carboxylic acids is 1. The van der Waals surface area contributed by atoms with Crippen molar-refractivity contribution >= 4 is 45.1 Å². The lowest BCUT2D eigenvalue weighted by molar-refractivity contribution is -0.137. The molecule has 0 aliphatic carbocycles. The Kier molecular flexibility index (Phi) is 7.07. The van der Waals surface area contributed by atoms with E-state index in [-0.39, 0.29) is 23.4 Å². The predicted octanol–water partition coefficient (Wildman–Crippen LogP) is 6.64. The van der Waals surface area contributed by atoms with E-state index >= 15 is 0 Å². The summed E-state index contributed by atoms with van der Waals surface area (Å²) in [7, 11) is 0. The quantitative estimate of drug-likeness (QED) is 0.316. The maximum atomic E-state index is 13.0. The summed E-state index contributed by atoms with van der Waals surface area (Å²) >= 11 is 3.46. The Morgan fingerprint density at radius 1 is 1.06 bits per heavy atom. The third kappa shape index (κ3) is 5.38. The molecule has 1 heterocycles. The number of nitrogens with one attached hydrogen (secondary N) is 1. The van der Waals surface area contributed by atoms with Crippen molar-refractivity contribution in [3.05, 3.63) is 86.9 Å². The Labute approximate surface area is 212 Å². The maximum absolute atomic E-state index is 13.0. The van der Waals surface area contributed by atoms with Gasteiger partial charge in [0.2, 0.25) is 0 Å². The number of halogens is 4. The van der Waals surface area contributed by atoms with Crippen LogP contribution < -0.4 is 14.8 Å². The second-order valence-corrected chi connectivity index (χ2v) is 8.67. The number of fused-ring (bicyclic) bond motifs is 1. The van der Waals surface area contributed by atoms with Crippen LogP contribution in [0.15, 0.2) is 59.1 Å². The van der Waals surface area contributed by atoms with Crippen LogP contribution in [0.5, 0.6) is 11.5 Å². The summed E-state index contributed by atoms with van der Waals surface area (Å²) in [5.41, 5.74) is 1.31. The molecule has 3 aromatic carbocycles. The van der Waals surface area contributed by atoms with E-state index < -0.39 is 23.6 Å². The lowest BCUT2D eigenvalue weighted by Gasteiger charge is -2.14. The van der Waals surface area contributed by atoms with Crippen molar-refractivity contribution in [2.24, 2.45) is 0 Å². The Morgan fingerprint density at radius 2 is 1.75 bits per heavy atom. The first-order chi connectivity index (χ1) is 17.1. The Morgan fingerprint density at radius 3 is 2.39 bits per heavy atom. The van der Waals surface area contributed by atoms with Gasteiger partial charge in [0, 0.05) is 21.3 Å². The summed E-state index contributed by atoms with van der Waals surface area (Å²) in [6.07, 6.45) is -2.95. The third-order valence-corrected chi connectivity index (χ3v) is 6.07. The van der Waals surface area contributed by atoms with Gasteiger partial charge < -0.3 is 19.9 Å². The van der Waals surface area contributed by atoms with Crippen LogP contribution >= 0.6 is 15.9 Å². The molecule has 1 amide bonds. The van der Waals surface area contributed by atoms with Crippen LogP contribution in [0.4, 0.5) is 18.9 Å². The van der Waals surface area contributed by atoms with Gasteiger partial charge in [0.1, 0.15) is 6.61 Å². The second-order valence-electron chi connectivity index (χ2n) is 7.81. The zero-order valence-corrected chi connectivity index (χ0v) is 20.4. The minimum Gasteiger partial charge on any atom is -0.490 e. The van der Waals surface area contributed by atoms with Gasteiger partial charge in [0.25, 0.3) is 5.91 Å².